The van der Waals surface area contributed by atoms with E-state index in [1.165, 1.54) is 24.0 Å². The zero-order valence-electron chi connectivity index (χ0n) is 20.2. The maximum Gasteiger partial charge on any atom is 0.311 e. The number of carbonyl (C=O) groups excluding carboxylic acids is 1. The molecule has 0 unspecified atom stereocenters. The van der Waals surface area contributed by atoms with Crippen LogP contribution in [0.5, 0.6) is 0 Å². The van der Waals surface area contributed by atoms with Crippen LogP contribution in [0.4, 0.5) is 4.39 Å². The Labute approximate surface area is 214 Å². The van der Waals surface area contributed by atoms with Crippen LogP contribution in [0.1, 0.15) is 36.1 Å². The number of esters is 1. The summed E-state index contributed by atoms with van der Waals surface area (Å²) in [4.78, 5) is 24.3. The van der Waals surface area contributed by atoms with Gasteiger partial charge in [-0.2, -0.15) is 0 Å². The van der Waals surface area contributed by atoms with Crippen LogP contribution in [-0.4, -0.2) is 47.6 Å². The van der Waals surface area contributed by atoms with Crippen molar-refractivity contribution in [3.8, 4) is 10.6 Å². The fourth-order valence-corrected chi connectivity index (χ4v) is 6.20. The molecule has 2 fully saturated rings. The van der Waals surface area contributed by atoms with Crippen LogP contribution in [0, 0.1) is 11.7 Å². The Hall–Kier alpha value is -3.16. The van der Waals surface area contributed by atoms with Crippen molar-refractivity contribution >= 4 is 27.7 Å². The van der Waals surface area contributed by atoms with Crippen molar-refractivity contribution in [1.82, 2.24) is 14.9 Å². The molecule has 36 heavy (non-hydrogen) atoms. The van der Waals surface area contributed by atoms with E-state index < -0.39 is 0 Å². The van der Waals surface area contributed by atoms with E-state index in [9.17, 15) is 4.79 Å². The number of hydrogen-bond acceptors (Lipinski definition) is 6. The zero-order valence-corrected chi connectivity index (χ0v) is 21.1. The second-order valence-electron chi connectivity index (χ2n) is 9.89. The van der Waals surface area contributed by atoms with Crippen molar-refractivity contribution in [2.45, 2.75) is 31.1 Å². The highest BCUT2D eigenvalue weighted by molar-refractivity contribution is 7.21. The molecular formula is C29H28FN3O2S. The molecule has 2 aromatic carbocycles. The number of thiazole rings is 1. The van der Waals surface area contributed by atoms with Crippen LogP contribution in [0.25, 0.3) is 20.9 Å². The summed E-state index contributed by atoms with van der Waals surface area (Å²) in [7, 11) is 1.43. The molecule has 0 atom stereocenters. The van der Waals surface area contributed by atoms with Crippen LogP contribution in [0.2, 0.25) is 0 Å². The fraction of sp³-hybridized carbons (Fsp3) is 0.345. The molecule has 0 bridgehead atoms. The van der Waals surface area contributed by atoms with Gasteiger partial charge in [0.25, 0.3) is 0 Å². The topological polar surface area (TPSA) is 55.3 Å². The molecule has 4 aromatic rings. The maximum absolute atomic E-state index is 15.1. The van der Waals surface area contributed by atoms with Crippen molar-refractivity contribution in [3.63, 3.8) is 0 Å². The minimum atomic E-state index is -0.246. The van der Waals surface area contributed by atoms with Gasteiger partial charge < -0.3 is 9.64 Å². The molecule has 0 N–H and O–H groups in total. The molecule has 184 valence electrons. The number of fused-ring (bicyclic) bond motifs is 1. The van der Waals surface area contributed by atoms with Crippen LogP contribution in [0.15, 0.2) is 60.7 Å². The van der Waals surface area contributed by atoms with Gasteiger partial charge in [-0.3, -0.25) is 4.79 Å². The van der Waals surface area contributed by atoms with Gasteiger partial charge in [-0.15, -0.1) is 0 Å². The summed E-state index contributed by atoms with van der Waals surface area (Å²) in [6.07, 6.45) is 3.91. The molecule has 5 nitrogen and oxygen atoms in total. The smallest absolute Gasteiger partial charge is 0.311 e. The number of rotatable bonds is 8. The predicted octanol–water partition coefficient (Wildman–Crippen LogP) is 5.61. The molecule has 1 saturated carbocycles. The Morgan fingerprint density at radius 1 is 1.11 bits per heavy atom. The number of nitrogens with zero attached hydrogens (tertiary/aromatic N) is 3. The van der Waals surface area contributed by atoms with Crippen molar-refractivity contribution in [1.29, 1.82) is 0 Å². The lowest BCUT2D eigenvalue weighted by molar-refractivity contribution is -0.151. The molecule has 0 amide bonds. The first-order chi connectivity index (χ1) is 17.6. The van der Waals surface area contributed by atoms with Gasteiger partial charge in [-0.05, 0) is 67.6 Å². The number of hydrogen-bond donors (Lipinski definition) is 0. The highest BCUT2D eigenvalue weighted by Crippen LogP contribution is 2.53. The van der Waals surface area contributed by atoms with Gasteiger partial charge in [0.15, 0.2) is 0 Å². The average Bonchev–Trinajstić information content (AvgIpc) is 3.58. The summed E-state index contributed by atoms with van der Waals surface area (Å²) >= 11 is 1.45. The van der Waals surface area contributed by atoms with Crippen LogP contribution in [-0.2, 0) is 21.4 Å². The summed E-state index contributed by atoms with van der Waals surface area (Å²) in [5.41, 5.74) is 4.69. The molecule has 2 aromatic heterocycles. The van der Waals surface area contributed by atoms with E-state index in [-0.39, 0.29) is 23.1 Å². The number of ether oxygens (including phenoxy) is 1. The molecule has 6 rings (SSSR count). The average molecular weight is 502 g/mol. The molecule has 1 aliphatic heterocycles. The lowest BCUT2D eigenvalue weighted by Gasteiger charge is -2.37. The van der Waals surface area contributed by atoms with E-state index in [1.54, 1.807) is 6.07 Å². The quantitative estimate of drug-likeness (QED) is 0.294. The highest BCUT2D eigenvalue weighted by atomic mass is 32.1. The number of pyridine rings is 1. The van der Waals surface area contributed by atoms with Crippen LogP contribution >= 0.6 is 11.3 Å². The maximum atomic E-state index is 15.1. The first-order valence-corrected chi connectivity index (χ1v) is 13.3. The normalized spacial score (nSPS) is 17.2. The SMILES string of the molecule is COC(=O)C1CN(CCCc2ccc(-c3nc4ccc(C5(c6ccccc6)CC5)nc4s3)c(F)c2)C1. The highest BCUT2D eigenvalue weighted by Gasteiger charge is 2.47. The van der Waals surface area contributed by atoms with Gasteiger partial charge in [-0.1, -0.05) is 47.7 Å². The fourth-order valence-electron chi connectivity index (χ4n) is 5.24. The third-order valence-corrected chi connectivity index (χ3v) is 8.52. The number of methoxy groups -OCH3 is 1. The van der Waals surface area contributed by atoms with E-state index in [4.69, 9.17) is 14.7 Å². The number of benzene rings is 2. The summed E-state index contributed by atoms with van der Waals surface area (Å²) in [5.74, 6) is -0.378. The number of carbonyl (C=O) groups is 1. The Morgan fingerprint density at radius 2 is 1.92 bits per heavy atom. The number of aryl methyl sites for hydroxylation is 1. The Balaban J connectivity index is 1.13. The van der Waals surface area contributed by atoms with Gasteiger partial charge in [0.2, 0.25) is 0 Å². The standard InChI is InChI=1S/C29H28FN3O2S/c1-35-28(34)20-17-33(18-20)15-5-6-19-9-10-22(23(30)16-19)26-31-24-11-12-25(32-27(24)36-26)29(13-14-29)21-7-3-2-4-8-21/h2-4,7-12,16,20H,5-6,13-15,17-18H2,1H3. The van der Waals surface area contributed by atoms with Crippen LogP contribution in [0.3, 0.4) is 0 Å². The zero-order chi connectivity index (χ0) is 24.7. The van der Waals surface area contributed by atoms with Crippen molar-refractivity contribution in [3.05, 3.63) is 83.3 Å². The molecule has 0 spiro atoms. The molecule has 0 radical (unpaired) electrons. The molecular weight excluding hydrogens is 473 g/mol. The Morgan fingerprint density at radius 3 is 2.64 bits per heavy atom. The second-order valence-corrected chi connectivity index (χ2v) is 10.9. The molecule has 1 saturated heterocycles. The second kappa shape index (κ2) is 9.37. The van der Waals surface area contributed by atoms with E-state index in [0.717, 1.165) is 66.9 Å². The van der Waals surface area contributed by atoms with Gasteiger partial charge in [-0.25, -0.2) is 14.4 Å². The minimum Gasteiger partial charge on any atom is -0.469 e. The van der Waals surface area contributed by atoms with E-state index in [2.05, 4.69) is 35.2 Å². The van der Waals surface area contributed by atoms with Crippen LogP contribution < -0.4 is 0 Å². The number of likely N-dealkylation sites (tertiary alicyclic amines) is 1. The number of halogens is 1. The molecule has 7 heteroatoms. The lowest BCUT2D eigenvalue weighted by atomic mass is 9.92. The third kappa shape index (κ3) is 4.31. The Bertz CT molecular complexity index is 1410. The van der Waals surface area contributed by atoms with E-state index in [1.807, 2.05) is 24.3 Å². The first kappa shape index (κ1) is 23.3. The lowest BCUT2D eigenvalue weighted by Crippen LogP contribution is -2.50. The largest absolute Gasteiger partial charge is 0.469 e. The predicted molar refractivity (Wildman–Crippen MR) is 140 cm³/mol. The molecule has 2 aliphatic rings. The van der Waals surface area contributed by atoms with Gasteiger partial charge in [0, 0.05) is 24.1 Å². The summed E-state index contributed by atoms with van der Waals surface area (Å²) in [6.45, 7) is 2.40. The third-order valence-electron chi connectivity index (χ3n) is 7.52. The first-order valence-electron chi connectivity index (χ1n) is 12.5. The van der Waals surface area contributed by atoms with Crippen molar-refractivity contribution in [2.24, 2.45) is 5.92 Å². The van der Waals surface area contributed by atoms with Crippen molar-refractivity contribution < 1.29 is 13.9 Å². The molecule has 1 aliphatic carbocycles. The van der Waals surface area contributed by atoms with Gasteiger partial charge >= 0.3 is 5.97 Å². The molecule has 3 heterocycles. The minimum absolute atomic E-state index is 0.000691. The van der Waals surface area contributed by atoms with Crippen molar-refractivity contribution in [2.75, 3.05) is 26.7 Å². The summed E-state index contributed by atoms with van der Waals surface area (Å²) < 4.78 is 19.9. The van der Waals surface area contributed by atoms with Gasteiger partial charge in [0.1, 0.15) is 21.2 Å². The Kier molecular flexibility index (Phi) is 6.05. The van der Waals surface area contributed by atoms with E-state index in [0.29, 0.717) is 10.6 Å². The summed E-state index contributed by atoms with van der Waals surface area (Å²) in [6, 6.07) is 20.1. The van der Waals surface area contributed by atoms with E-state index >= 15 is 4.39 Å². The summed E-state index contributed by atoms with van der Waals surface area (Å²) in [5, 5.41) is 0.665. The number of aromatic nitrogens is 2. The van der Waals surface area contributed by atoms with Gasteiger partial charge in [0.05, 0.1) is 18.7 Å². The monoisotopic (exact) mass is 501 g/mol.